The van der Waals surface area contributed by atoms with E-state index < -0.39 is 21.8 Å². The summed E-state index contributed by atoms with van der Waals surface area (Å²) in [4.78, 5) is 23.8. The van der Waals surface area contributed by atoms with Crippen molar-refractivity contribution in [3.63, 3.8) is 0 Å². The molecule has 0 aromatic heterocycles. The first-order valence-corrected chi connectivity index (χ1v) is 9.43. The summed E-state index contributed by atoms with van der Waals surface area (Å²) >= 11 is 23.1. The molecular weight excluding hydrogens is 445 g/mol. The van der Waals surface area contributed by atoms with Crippen LogP contribution in [0.2, 0.25) is 0 Å². The number of ether oxygens (including phenoxy) is 1. The van der Waals surface area contributed by atoms with E-state index >= 15 is 0 Å². The number of halogens is 3. The van der Waals surface area contributed by atoms with Crippen LogP contribution in [0.1, 0.15) is 20.7 Å². The quantitative estimate of drug-likeness (QED) is 0.272. The average Bonchev–Trinajstić information content (AvgIpc) is 2.67. The average molecular weight is 461 g/mol. The standard InChI is InChI=1S/C18H16Cl3N3O3S/c1-27-15(26)12-7-9-13(10-8-12)22-17(28)24-16(18(19,20)21)23-14(25)11-5-3-2-4-6-11/h2-10,16H,1H3,(H,23,25)(H2,22,24,28). The predicted molar refractivity (Wildman–Crippen MR) is 115 cm³/mol. The molecular formula is C18H16Cl3N3O3S. The number of rotatable bonds is 5. The molecule has 1 unspecified atom stereocenters. The number of esters is 1. The van der Waals surface area contributed by atoms with Crippen molar-refractivity contribution in [3.05, 3.63) is 65.7 Å². The van der Waals surface area contributed by atoms with Crippen LogP contribution in [0.4, 0.5) is 5.69 Å². The molecule has 10 heteroatoms. The van der Waals surface area contributed by atoms with Gasteiger partial charge in [0.1, 0.15) is 6.17 Å². The number of carbonyl (C=O) groups excluding carboxylic acids is 2. The predicted octanol–water partition coefficient (Wildman–Crippen LogP) is 3.89. The van der Waals surface area contributed by atoms with Gasteiger partial charge in [0.15, 0.2) is 5.11 Å². The molecule has 0 aliphatic carbocycles. The maximum atomic E-state index is 12.3. The van der Waals surface area contributed by atoms with Crippen LogP contribution in [-0.2, 0) is 4.74 Å². The molecule has 1 amide bonds. The zero-order chi connectivity index (χ0) is 20.7. The van der Waals surface area contributed by atoms with E-state index in [2.05, 4.69) is 20.7 Å². The van der Waals surface area contributed by atoms with E-state index in [0.29, 0.717) is 16.8 Å². The van der Waals surface area contributed by atoms with Gasteiger partial charge in [-0.05, 0) is 48.6 Å². The molecule has 6 nitrogen and oxygen atoms in total. The number of anilines is 1. The van der Waals surface area contributed by atoms with E-state index in [-0.39, 0.29) is 5.11 Å². The third-order valence-corrected chi connectivity index (χ3v) is 4.35. The number of thiocarbonyl (C=S) groups is 1. The second kappa shape index (κ2) is 9.93. The molecule has 2 rings (SSSR count). The van der Waals surface area contributed by atoms with Crippen molar-refractivity contribution in [2.24, 2.45) is 0 Å². The molecule has 0 aliphatic heterocycles. The molecule has 0 heterocycles. The third-order valence-electron chi connectivity index (χ3n) is 3.48. The Morgan fingerprint density at radius 1 is 0.964 bits per heavy atom. The monoisotopic (exact) mass is 459 g/mol. The zero-order valence-electron chi connectivity index (χ0n) is 14.5. The fourth-order valence-corrected chi connectivity index (χ4v) is 2.67. The molecule has 1 atom stereocenters. The highest BCUT2D eigenvalue weighted by Crippen LogP contribution is 2.29. The minimum atomic E-state index is -1.87. The van der Waals surface area contributed by atoms with E-state index in [1.807, 2.05) is 0 Å². The van der Waals surface area contributed by atoms with Gasteiger partial charge in [0.05, 0.1) is 12.7 Å². The maximum Gasteiger partial charge on any atom is 0.337 e. The highest BCUT2D eigenvalue weighted by atomic mass is 35.6. The summed E-state index contributed by atoms with van der Waals surface area (Å²) in [5, 5.41) is 8.33. The third kappa shape index (κ3) is 6.53. The van der Waals surface area contributed by atoms with Gasteiger partial charge in [0, 0.05) is 11.3 Å². The number of nitrogens with one attached hydrogen (secondary N) is 3. The van der Waals surface area contributed by atoms with Crippen molar-refractivity contribution < 1.29 is 14.3 Å². The number of benzene rings is 2. The molecule has 0 spiro atoms. The Bertz CT molecular complexity index is 843. The minimum absolute atomic E-state index is 0.107. The summed E-state index contributed by atoms with van der Waals surface area (Å²) in [7, 11) is 1.30. The van der Waals surface area contributed by atoms with Gasteiger partial charge in [-0.1, -0.05) is 53.0 Å². The van der Waals surface area contributed by atoms with Crippen LogP contribution >= 0.6 is 47.0 Å². The van der Waals surface area contributed by atoms with Crippen LogP contribution in [0.3, 0.4) is 0 Å². The van der Waals surface area contributed by atoms with Gasteiger partial charge in [-0.15, -0.1) is 0 Å². The molecule has 3 N–H and O–H groups in total. The van der Waals surface area contributed by atoms with Gasteiger partial charge in [-0.3, -0.25) is 4.79 Å². The molecule has 148 valence electrons. The van der Waals surface area contributed by atoms with Crippen LogP contribution < -0.4 is 16.0 Å². The Hall–Kier alpha value is -2.06. The molecule has 2 aromatic rings. The van der Waals surface area contributed by atoms with Crippen molar-refractivity contribution in [1.29, 1.82) is 0 Å². The summed E-state index contributed by atoms with van der Waals surface area (Å²) in [6, 6.07) is 14.9. The number of hydrogen-bond acceptors (Lipinski definition) is 4. The Balaban J connectivity index is 2.03. The van der Waals surface area contributed by atoms with Crippen molar-refractivity contribution in [1.82, 2.24) is 10.6 Å². The van der Waals surface area contributed by atoms with Crippen LogP contribution in [0, 0.1) is 0 Å². The highest BCUT2D eigenvalue weighted by molar-refractivity contribution is 7.80. The lowest BCUT2D eigenvalue weighted by atomic mass is 10.2. The number of amides is 1. The van der Waals surface area contributed by atoms with Crippen LogP contribution in [-0.4, -0.2) is 34.1 Å². The molecule has 0 fully saturated rings. The van der Waals surface area contributed by atoms with Gasteiger partial charge in [-0.25, -0.2) is 4.79 Å². The van der Waals surface area contributed by atoms with E-state index in [9.17, 15) is 9.59 Å². The maximum absolute atomic E-state index is 12.3. The van der Waals surface area contributed by atoms with Crippen LogP contribution in [0.15, 0.2) is 54.6 Å². The largest absolute Gasteiger partial charge is 0.465 e. The smallest absolute Gasteiger partial charge is 0.337 e. The molecule has 28 heavy (non-hydrogen) atoms. The van der Waals surface area contributed by atoms with Gasteiger partial charge in [-0.2, -0.15) is 0 Å². The lowest BCUT2D eigenvalue weighted by molar-refractivity contribution is 0.0600. The van der Waals surface area contributed by atoms with Crippen molar-refractivity contribution in [2.45, 2.75) is 9.96 Å². The molecule has 0 radical (unpaired) electrons. The number of alkyl halides is 3. The Morgan fingerprint density at radius 3 is 2.11 bits per heavy atom. The van der Waals surface area contributed by atoms with Crippen molar-refractivity contribution >= 4 is 69.7 Å². The molecule has 0 bridgehead atoms. The first-order chi connectivity index (χ1) is 13.2. The summed E-state index contributed by atoms with van der Waals surface area (Å²) in [6.07, 6.45) is -1.10. The number of carbonyl (C=O) groups is 2. The summed E-state index contributed by atoms with van der Waals surface area (Å²) < 4.78 is 2.77. The first-order valence-electron chi connectivity index (χ1n) is 7.89. The number of hydrogen-bond donors (Lipinski definition) is 3. The molecule has 0 aliphatic rings. The van der Waals surface area contributed by atoms with Crippen LogP contribution in [0.5, 0.6) is 0 Å². The van der Waals surface area contributed by atoms with Crippen LogP contribution in [0.25, 0.3) is 0 Å². The summed E-state index contributed by atoms with van der Waals surface area (Å²) in [5.74, 6) is -0.887. The van der Waals surface area contributed by atoms with Gasteiger partial charge >= 0.3 is 5.97 Å². The van der Waals surface area contributed by atoms with Crippen molar-refractivity contribution in [2.75, 3.05) is 12.4 Å². The highest BCUT2D eigenvalue weighted by Gasteiger charge is 2.34. The Kier molecular flexibility index (Phi) is 7.88. The van der Waals surface area contributed by atoms with E-state index in [1.165, 1.54) is 7.11 Å². The summed E-state index contributed by atoms with van der Waals surface area (Å²) in [5.41, 5.74) is 1.38. The lowest BCUT2D eigenvalue weighted by Gasteiger charge is -2.27. The molecule has 0 saturated carbocycles. The normalized spacial score (nSPS) is 11.9. The minimum Gasteiger partial charge on any atom is -0.465 e. The molecule has 0 saturated heterocycles. The molecule has 2 aromatic carbocycles. The van der Waals surface area contributed by atoms with E-state index in [1.54, 1.807) is 54.6 Å². The first kappa shape index (κ1) is 22.2. The van der Waals surface area contributed by atoms with Crippen molar-refractivity contribution in [3.8, 4) is 0 Å². The second-order valence-corrected chi connectivity index (χ2v) is 8.26. The van der Waals surface area contributed by atoms with Gasteiger partial charge in [0.2, 0.25) is 3.79 Å². The van der Waals surface area contributed by atoms with E-state index in [0.717, 1.165) is 0 Å². The fraction of sp³-hybridized carbons (Fsp3) is 0.167. The zero-order valence-corrected chi connectivity index (χ0v) is 17.6. The SMILES string of the molecule is COC(=O)c1ccc(NC(=S)NC(NC(=O)c2ccccc2)C(Cl)(Cl)Cl)cc1. The second-order valence-electron chi connectivity index (χ2n) is 5.48. The van der Waals surface area contributed by atoms with Gasteiger partial charge in [0.25, 0.3) is 5.91 Å². The fourth-order valence-electron chi connectivity index (χ4n) is 2.11. The summed E-state index contributed by atoms with van der Waals surface area (Å²) in [6.45, 7) is 0. The Labute approximate surface area is 182 Å². The lowest BCUT2D eigenvalue weighted by Crippen LogP contribution is -2.56. The Morgan fingerprint density at radius 2 is 1.57 bits per heavy atom. The van der Waals surface area contributed by atoms with E-state index in [4.69, 9.17) is 47.0 Å². The topological polar surface area (TPSA) is 79.5 Å². The van der Waals surface area contributed by atoms with Gasteiger partial charge < -0.3 is 20.7 Å². The number of methoxy groups -OCH3 is 1.